The van der Waals surface area contributed by atoms with E-state index in [0.29, 0.717) is 5.56 Å². The molecule has 1 aromatic heterocycles. The summed E-state index contributed by atoms with van der Waals surface area (Å²) in [4.78, 5) is 2.26. The first-order valence-electron chi connectivity index (χ1n) is 22.0. The average molecular weight is 744 g/mol. The van der Waals surface area contributed by atoms with Crippen LogP contribution in [0.15, 0.2) is 230 Å². The van der Waals surface area contributed by atoms with Crippen molar-refractivity contribution in [3.8, 4) is 39.1 Å². The van der Waals surface area contributed by atoms with Gasteiger partial charge in [0, 0.05) is 33.1 Å². The SMILES string of the molecule is [2H]c1c([2H])c([2H])c(-c2ccc(N(c3cccc(-c4ccc5ccccc5c4)c3)c3ccccc3-c3cccc4c3c3ccccc3n4-c3cccc4ccccc34)cc2)c([2H])c1[2H]. The van der Waals surface area contributed by atoms with Crippen LogP contribution in [-0.2, 0) is 0 Å². The van der Waals surface area contributed by atoms with Crippen LogP contribution in [0.4, 0.5) is 17.1 Å². The second-order valence-electron chi connectivity index (χ2n) is 14.6. The molecule has 0 aliphatic carbocycles. The largest absolute Gasteiger partial charge is 0.310 e. The van der Waals surface area contributed by atoms with E-state index in [1.54, 1.807) is 0 Å². The Morgan fingerprint density at radius 3 is 1.90 bits per heavy atom. The maximum atomic E-state index is 8.69. The van der Waals surface area contributed by atoms with Crippen LogP contribution in [-0.4, -0.2) is 4.57 Å². The van der Waals surface area contributed by atoms with E-state index >= 15 is 0 Å². The molecule has 58 heavy (non-hydrogen) atoms. The highest BCUT2D eigenvalue weighted by atomic mass is 15.1. The molecule has 0 spiro atoms. The summed E-state index contributed by atoms with van der Waals surface area (Å²) in [5, 5.41) is 7.01. The Bertz CT molecular complexity index is 3560. The van der Waals surface area contributed by atoms with Crippen molar-refractivity contribution in [1.29, 1.82) is 0 Å². The highest BCUT2D eigenvalue weighted by Crippen LogP contribution is 2.46. The Balaban J connectivity index is 1.13. The molecule has 0 saturated carbocycles. The lowest BCUT2D eigenvalue weighted by Gasteiger charge is -2.28. The molecule has 0 aliphatic heterocycles. The zero-order valence-corrected chi connectivity index (χ0v) is 31.4. The van der Waals surface area contributed by atoms with Crippen molar-refractivity contribution in [3.63, 3.8) is 0 Å². The standard InChI is InChI=1S/C56H38N2/c1-2-15-39(16-3-1)41-33-35-46(36-34-41)57(47-22-12-21-44(38-47)45-32-31-40-17-4-5-19-43(40)37-45)53-27-10-8-24-49(53)50-26-14-30-55-56(50)51-25-9-11-28-54(51)58(55)52-29-13-20-42-18-6-7-23-48(42)52/h1-38H/i1D,2D,3D,15D,16D. The Hall–Kier alpha value is -7.68. The second-order valence-corrected chi connectivity index (χ2v) is 14.6. The van der Waals surface area contributed by atoms with Crippen molar-refractivity contribution in [2.24, 2.45) is 0 Å². The summed E-state index contributed by atoms with van der Waals surface area (Å²) >= 11 is 0. The summed E-state index contributed by atoms with van der Waals surface area (Å²) < 4.78 is 44.6. The zero-order chi connectivity index (χ0) is 42.8. The minimum atomic E-state index is -0.408. The summed E-state index contributed by atoms with van der Waals surface area (Å²) in [6.45, 7) is 0. The third-order valence-electron chi connectivity index (χ3n) is 11.2. The van der Waals surface area contributed by atoms with Crippen molar-refractivity contribution < 1.29 is 6.85 Å². The zero-order valence-electron chi connectivity index (χ0n) is 36.4. The van der Waals surface area contributed by atoms with E-state index < -0.39 is 6.04 Å². The Labute approximate surface area is 345 Å². The van der Waals surface area contributed by atoms with Gasteiger partial charge in [0.25, 0.3) is 0 Å². The number of benzene rings is 10. The molecule has 11 aromatic rings. The molecule has 2 heteroatoms. The van der Waals surface area contributed by atoms with E-state index in [1.165, 1.54) is 21.5 Å². The fourth-order valence-electron chi connectivity index (χ4n) is 8.60. The number of aromatic nitrogens is 1. The molecule has 0 bridgehead atoms. The third kappa shape index (κ3) is 5.74. The molecule has 10 aromatic carbocycles. The van der Waals surface area contributed by atoms with Gasteiger partial charge in [-0.1, -0.05) is 176 Å². The Kier molecular flexibility index (Phi) is 6.98. The van der Waals surface area contributed by atoms with Crippen LogP contribution in [0.2, 0.25) is 0 Å². The molecule has 0 fully saturated rings. The van der Waals surface area contributed by atoms with Gasteiger partial charge in [-0.2, -0.15) is 0 Å². The van der Waals surface area contributed by atoms with Crippen LogP contribution in [0, 0.1) is 0 Å². The number of fused-ring (bicyclic) bond motifs is 5. The van der Waals surface area contributed by atoms with E-state index in [-0.39, 0.29) is 29.7 Å². The van der Waals surface area contributed by atoms with Crippen LogP contribution >= 0.6 is 0 Å². The van der Waals surface area contributed by atoms with Gasteiger partial charge in [0.2, 0.25) is 0 Å². The van der Waals surface area contributed by atoms with Crippen LogP contribution in [0.25, 0.3) is 82.4 Å². The Morgan fingerprint density at radius 2 is 1.02 bits per heavy atom. The molecule has 272 valence electrons. The van der Waals surface area contributed by atoms with Crippen molar-refractivity contribution in [2.45, 2.75) is 0 Å². The molecule has 0 amide bonds. The van der Waals surface area contributed by atoms with Crippen LogP contribution in [0.5, 0.6) is 0 Å². The highest BCUT2D eigenvalue weighted by molar-refractivity contribution is 6.17. The van der Waals surface area contributed by atoms with E-state index in [1.807, 2.05) is 24.3 Å². The maximum Gasteiger partial charge on any atom is 0.0629 e. The van der Waals surface area contributed by atoms with E-state index in [0.717, 1.165) is 66.8 Å². The second kappa shape index (κ2) is 14.1. The fourth-order valence-corrected chi connectivity index (χ4v) is 8.60. The lowest BCUT2D eigenvalue weighted by molar-refractivity contribution is 1.20. The van der Waals surface area contributed by atoms with Crippen LogP contribution in [0.1, 0.15) is 6.85 Å². The molecule has 0 N–H and O–H groups in total. The van der Waals surface area contributed by atoms with E-state index in [9.17, 15) is 0 Å². The van der Waals surface area contributed by atoms with Crippen molar-refractivity contribution in [3.05, 3.63) is 230 Å². The molecule has 0 radical (unpaired) electrons. The van der Waals surface area contributed by atoms with Gasteiger partial charge >= 0.3 is 0 Å². The fraction of sp³-hybridized carbons (Fsp3) is 0. The Morgan fingerprint density at radius 1 is 0.379 bits per heavy atom. The minimum Gasteiger partial charge on any atom is -0.310 e. The number of hydrogen-bond donors (Lipinski definition) is 0. The van der Waals surface area contributed by atoms with Crippen LogP contribution in [0.3, 0.4) is 0 Å². The quantitative estimate of drug-likeness (QED) is 0.158. The molecule has 0 saturated heterocycles. The van der Waals surface area contributed by atoms with Gasteiger partial charge in [-0.05, 0) is 98.6 Å². The first kappa shape index (κ1) is 28.7. The van der Waals surface area contributed by atoms with Crippen molar-refractivity contribution in [2.75, 3.05) is 4.90 Å². The number of rotatable bonds is 7. The summed E-state index contributed by atoms with van der Waals surface area (Å²) in [5.74, 6) is 0. The number of anilines is 3. The molecular formula is C56H38N2. The van der Waals surface area contributed by atoms with Gasteiger partial charge in [0.15, 0.2) is 0 Å². The molecular weight excluding hydrogens is 701 g/mol. The molecule has 11 rings (SSSR count). The molecule has 2 nitrogen and oxygen atoms in total. The van der Waals surface area contributed by atoms with Gasteiger partial charge in [0.05, 0.1) is 29.3 Å². The maximum absolute atomic E-state index is 8.69. The lowest BCUT2D eigenvalue weighted by atomic mass is 9.96. The predicted molar refractivity (Wildman–Crippen MR) is 247 cm³/mol. The predicted octanol–water partition coefficient (Wildman–Crippen LogP) is 15.6. The summed E-state index contributed by atoms with van der Waals surface area (Å²) in [6.07, 6.45) is 0. The first-order chi connectivity index (χ1) is 30.9. The lowest BCUT2D eigenvalue weighted by Crippen LogP contribution is -2.11. The van der Waals surface area contributed by atoms with Gasteiger partial charge in [-0.25, -0.2) is 0 Å². The average Bonchev–Trinajstić information content (AvgIpc) is 3.68. The number of para-hydroxylation sites is 2. The normalized spacial score (nSPS) is 12.7. The summed E-state index contributed by atoms with van der Waals surface area (Å²) in [5.41, 5.74) is 11.1. The van der Waals surface area contributed by atoms with E-state index in [4.69, 9.17) is 6.85 Å². The molecule has 1 heterocycles. The highest BCUT2D eigenvalue weighted by Gasteiger charge is 2.22. The topological polar surface area (TPSA) is 8.17 Å². The van der Waals surface area contributed by atoms with Gasteiger partial charge < -0.3 is 9.47 Å². The van der Waals surface area contributed by atoms with Crippen molar-refractivity contribution >= 4 is 60.4 Å². The molecule has 0 atom stereocenters. The molecule has 0 unspecified atom stereocenters. The minimum absolute atomic E-state index is 0.173. The van der Waals surface area contributed by atoms with Gasteiger partial charge in [0.1, 0.15) is 0 Å². The molecule has 0 aliphatic rings. The van der Waals surface area contributed by atoms with Crippen LogP contribution < -0.4 is 4.90 Å². The third-order valence-corrected chi connectivity index (χ3v) is 11.2. The number of hydrogen-bond acceptors (Lipinski definition) is 1. The van der Waals surface area contributed by atoms with Crippen molar-refractivity contribution in [1.82, 2.24) is 4.57 Å². The monoisotopic (exact) mass is 743 g/mol. The van der Waals surface area contributed by atoms with E-state index in [2.05, 4.69) is 185 Å². The van der Waals surface area contributed by atoms with Gasteiger partial charge in [-0.3, -0.25) is 0 Å². The first-order valence-corrected chi connectivity index (χ1v) is 19.5. The summed E-state index contributed by atoms with van der Waals surface area (Å²) in [7, 11) is 0. The number of nitrogens with zero attached hydrogens (tertiary/aromatic N) is 2. The summed E-state index contributed by atoms with van der Waals surface area (Å²) in [6, 6.07) is 68.4. The van der Waals surface area contributed by atoms with Gasteiger partial charge in [-0.15, -0.1) is 0 Å². The smallest absolute Gasteiger partial charge is 0.0629 e.